The third kappa shape index (κ3) is 15.3. The van der Waals surface area contributed by atoms with Crippen molar-refractivity contribution in [1.82, 2.24) is 21.3 Å². The summed E-state index contributed by atoms with van der Waals surface area (Å²) >= 11 is 0. The second-order valence-corrected chi connectivity index (χ2v) is 12.1. The van der Waals surface area contributed by atoms with E-state index >= 15 is 0 Å². The third-order valence-corrected chi connectivity index (χ3v) is 6.25. The van der Waals surface area contributed by atoms with Crippen molar-refractivity contribution in [3.8, 4) is 0 Å². The van der Waals surface area contributed by atoms with Gasteiger partial charge in [0.15, 0.2) is 24.5 Å². The van der Waals surface area contributed by atoms with E-state index in [0.717, 1.165) is 34.6 Å². The van der Waals surface area contributed by atoms with Crippen molar-refractivity contribution in [3.63, 3.8) is 0 Å². The van der Waals surface area contributed by atoms with Gasteiger partial charge >= 0.3 is 29.8 Å². The summed E-state index contributed by atoms with van der Waals surface area (Å²) in [7, 11) is 0. The maximum absolute atomic E-state index is 13.5. The zero-order valence-electron chi connectivity index (χ0n) is 29.2. The van der Waals surface area contributed by atoms with Crippen molar-refractivity contribution in [2.24, 2.45) is 0 Å². The molecule has 1 aliphatic rings. The number of esters is 5. The molecule has 1 fully saturated rings. The van der Waals surface area contributed by atoms with Crippen LogP contribution in [-0.2, 0) is 71.6 Å². The Kier molecular flexibility index (Phi) is 16.1. The third-order valence-electron chi connectivity index (χ3n) is 6.25. The van der Waals surface area contributed by atoms with Crippen LogP contribution in [-0.4, -0.2) is 114 Å². The fraction of sp³-hybridized carbons (Fsp3) is 0.700. The Bertz CT molecular complexity index is 1280. The van der Waals surface area contributed by atoms with Crippen LogP contribution in [0.3, 0.4) is 0 Å². The Morgan fingerprint density at radius 2 is 1.20 bits per heavy atom. The Balaban J connectivity index is 3.45. The van der Waals surface area contributed by atoms with E-state index in [4.69, 9.17) is 28.4 Å². The molecular formula is C30H46N4O15. The molecule has 49 heavy (non-hydrogen) atoms. The summed E-state index contributed by atoms with van der Waals surface area (Å²) in [5.41, 5.74) is -0.887. The molecule has 0 aromatic carbocycles. The first-order valence-corrected chi connectivity index (χ1v) is 15.2. The summed E-state index contributed by atoms with van der Waals surface area (Å²) in [6.45, 7) is 12.3. The van der Waals surface area contributed by atoms with E-state index in [-0.39, 0.29) is 0 Å². The molecule has 0 aliphatic carbocycles. The Hall–Kier alpha value is -4.81. The van der Waals surface area contributed by atoms with E-state index in [0.29, 0.717) is 0 Å². The van der Waals surface area contributed by atoms with E-state index in [1.165, 1.54) is 13.8 Å². The lowest BCUT2D eigenvalue weighted by Gasteiger charge is -2.44. The Labute approximate surface area is 283 Å². The number of hydrogen-bond acceptors (Lipinski definition) is 15. The van der Waals surface area contributed by atoms with Gasteiger partial charge in [0.2, 0.25) is 23.6 Å². The molecule has 0 aromatic rings. The second-order valence-electron chi connectivity index (χ2n) is 12.1. The molecule has 0 bridgehead atoms. The Morgan fingerprint density at radius 1 is 0.673 bits per heavy atom. The predicted octanol–water partition coefficient (Wildman–Crippen LogP) is -1.57. The number of rotatable bonds is 14. The summed E-state index contributed by atoms with van der Waals surface area (Å²) in [4.78, 5) is 111. The SMILES string of the molecule is CC(=O)N[C@@H](C)C(=O)N[C@@H](CC(=O)N[C@H]1O[C@H](COC(C)=O)[C@H](OC(C)=O)[C@H](OC(C)=O)[C@H]1OC(C)=O)C(=O)N[C@@H](C)C(=O)OC(C)(C)C. The molecule has 8 atom stereocenters. The van der Waals surface area contributed by atoms with Crippen molar-refractivity contribution < 1.29 is 71.6 Å². The summed E-state index contributed by atoms with van der Waals surface area (Å²) in [6.07, 6.45) is -8.56. The number of carbonyl (C=O) groups is 9. The highest BCUT2D eigenvalue weighted by molar-refractivity contribution is 5.95. The topological polar surface area (TPSA) is 257 Å². The number of carbonyl (C=O) groups excluding carboxylic acids is 9. The van der Waals surface area contributed by atoms with Crippen LogP contribution >= 0.6 is 0 Å². The van der Waals surface area contributed by atoms with Gasteiger partial charge in [-0.2, -0.15) is 0 Å². The van der Waals surface area contributed by atoms with Gasteiger partial charge in [-0.05, 0) is 34.6 Å². The highest BCUT2D eigenvalue weighted by Crippen LogP contribution is 2.28. The van der Waals surface area contributed by atoms with Crippen LogP contribution in [0, 0.1) is 0 Å². The molecule has 0 spiro atoms. The smallest absolute Gasteiger partial charge is 0.328 e. The van der Waals surface area contributed by atoms with Crippen molar-refractivity contribution in [2.75, 3.05) is 6.61 Å². The number of hydrogen-bond donors (Lipinski definition) is 4. The van der Waals surface area contributed by atoms with Crippen LogP contribution in [0.15, 0.2) is 0 Å². The first kappa shape index (κ1) is 42.2. The summed E-state index contributed by atoms with van der Waals surface area (Å²) in [5, 5.41) is 9.44. The van der Waals surface area contributed by atoms with Gasteiger partial charge in [0.05, 0.1) is 6.42 Å². The summed E-state index contributed by atoms with van der Waals surface area (Å²) in [6, 6.07) is -4.01. The lowest BCUT2D eigenvalue weighted by molar-refractivity contribution is -0.257. The fourth-order valence-corrected chi connectivity index (χ4v) is 4.39. The first-order chi connectivity index (χ1) is 22.5. The van der Waals surface area contributed by atoms with Crippen LogP contribution in [0.1, 0.15) is 75.7 Å². The largest absolute Gasteiger partial charge is 0.463 e. The molecule has 4 amide bonds. The molecule has 0 unspecified atom stereocenters. The van der Waals surface area contributed by atoms with Crippen molar-refractivity contribution >= 4 is 53.5 Å². The van der Waals surface area contributed by atoms with E-state index < -0.39 is 121 Å². The van der Waals surface area contributed by atoms with Crippen molar-refractivity contribution in [2.45, 2.75) is 130 Å². The standard InChI is InChI=1S/C30H46N4O15/c1-13(31-15(3)35)26(41)33-20(27(42)32-14(2)29(43)49-30(8,9)10)11-22(40)34-28-25(47-19(7)39)24(46-18(6)38)23(45-17(5)37)21(48-28)12-44-16(4)36/h13-14,20-21,23-25,28H,11-12H2,1-10H3,(H,31,35)(H,32,42)(H,33,41)(H,34,40)/t13-,14-,20-,21+,23-,24-,25+,28-/m0/s1. The van der Waals surface area contributed by atoms with Crippen LogP contribution in [0.5, 0.6) is 0 Å². The normalized spacial score (nSPS) is 22.0. The fourth-order valence-electron chi connectivity index (χ4n) is 4.39. The average Bonchev–Trinajstić information content (AvgIpc) is 2.92. The molecule has 1 heterocycles. The molecular weight excluding hydrogens is 656 g/mol. The van der Waals surface area contributed by atoms with Gasteiger partial charge in [-0.15, -0.1) is 0 Å². The van der Waals surface area contributed by atoms with Gasteiger partial charge in [0, 0.05) is 34.6 Å². The molecule has 276 valence electrons. The minimum atomic E-state index is -1.66. The zero-order valence-corrected chi connectivity index (χ0v) is 29.2. The number of nitrogens with one attached hydrogen (secondary N) is 4. The average molecular weight is 703 g/mol. The van der Waals surface area contributed by atoms with Gasteiger partial charge in [-0.1, -0.05) is 0 Å². The van der Waals surface area contributed by atoms with Gasteiger partial charge in [-0.25, -0.2) is 4.79 Å². The number of ether oxygens (including phenoxy) is 6. The van der Waals surface area contributed by atoms with E-state index in [9.17, 15) is 43.2 Å². The molecule has 1 saturated heterocycles. The van der Waals surface area contributed by atoms with E-state index in [1.54, 1.807) is 20.8 Å². The second kappa shape index (κ2) is 18.7. The zero-order chi connectivity index (χ0) is 37.8. The van der Waals surface area contributed by atoms with E-state index in [2.05, 4.69) is 21.3 Å². The first-order valence-electron chi connectivity index (χ1n) is 15.2. The van der Waals surface area contributed by atoms with E-state index in [1.807, 2.05) is 0 Å². The minimum Gasteiger partial charge on any atom is -0.463 e. The van der Waals surface area contributed by atoms with Crippen LogP contribution in [0.2, 0.25) is 0 Å². The van der Waals surface area contributed by atoms with Crippen LogP contribution in [0.25, 0.3) is 0 Å². The lowest BCUT2D eigenvalue weighted by Crippen LogP contribution is -2.66. The van der Waals surface area contributed by atoms with Gasteiger partial charge in [0.1, 0.15) is 36.4 Å². The molecule has 19 nitrogen and oxygen atoms in total. The summed E-state index contributed by atoms with van der Waals surface area (Å²) in [5.74, 6) is -7.64. The lowest BCUT2D eigenvalue weighted by atomic mass is 9.97. The van der Waals surface area contributed by atoms with Gasteiger partial charge in [0.25, 0.3) is 0 Å². The molecule has 19 heteroatoms. The summed E-state index contributed by atoms with van der Waals surface area (Å²) < 4.78 is 32.0. The van der Waals surface area contributed by atoms with Crippen molar-refractivity contribution in [1.29, 1.82) is 0 Å². The van der Waals surface area contributed by atoms with Gasteiger partial charge in [-0.3, -0.25) is 38.4 Å². The van der Waals surface area contributed by atoms with Crippen LogP contribution < -0.4 is 21.3 Å². The predicted molar refractivity (Wildman–Crippen MR) is 163 cm³/mol. The molecule has 0 aromatic heterocycles. The van der Waals surface area contributed by atoms with Gasteiger partial charge < -0.3 is 49.7 Å². The molecule has 4 N–H and O–H groups in total. The minimum absolute atomic E-state index is 0.552. The Morgan fingerprint density at radius 3 is 1.69 bits per heavy atom. The molecule has 0 saturated carbocycles. The monoisotopic (exact) mass is 702 g/mol. The number of amides is 4. The maximum atomic E-state index is 13.5. The maximum Gasteiger partial charge on any atom is 0.328 e. The molecule has 1 rings (SSSR count). The van der Waals surface area contributed by atoms with Crippen molar-refractivity contribution in [3.05, 3.63) is 0 Å². The quantitative estimate of drug-likeness (QED) is 0.118. The highest BCUT2D eigenvalue weighted by Gasteiger charge is 2.52. The highest BCUT2D eigenvalue weighted by atomic mass is 16.7. The van der Waals surface area contributed by atoms with Crippen LogP contribution in [0.4, 0.5) is 0 Å². The molecule has 0 radical (unpaired) electrons. The molecule has 1 aliphatic heterocycles.